The second-order valence-electron chi connectivity index (χ2n) is 13.9. The summed E-state index contributed by atoms with van der Waals surface area (Å²) >= 11 is 1.73. The summed E-state index contributed by atoms with van der Waals surface area (Å²) in [6, 6.07) is 16.4. The Morgan fingerprint density at radius 1 is 0.830 bits per heavy atom. The highest BCUT2D eigenvalue weighted by Crippen LogP contribution is 2.39. The molecule has 2 N–H and O–H groups in total. The lowest BCUT2D eigenvalue weighted by atomic mass is 10.1. The van der Waals surface area contributed by atoms with Crippen LogP contribution in [0.25, 0.3) is 54.2 Å². The van der Waals surface area contributed by atoms with Crippen LogP contribution in [-0.2, 0) is 9.47 Å². The summed E-state index contributed by atoms with van der Waals surface area (Å²) in [5.41, 5.74) is 3.30. The lowest BCUT2D eigenvalue weighted by Crippen LogP contribution is -2.36. The molecule has 242 valence electrons. The van der Waals surface area contributed by atoms with Crippen molar-refractivity contribution in [2.75, 3.05) is 6.54 Å². The van der Waals surface area contributed by atoms with Gasteiger partial charge in [-0.1, -0.05) is 24.3 Å². The van der Waals surface area contributed by atoms with Crippen LogP contribution in [-0.4, -0.2) is 59.3 Å². The molecule has 0 saturated carbocycles. The van der Waals surface area contributed by atoms with Crippen molar-refractivity contribution < 1.29 is 19.1 Å². The number of aromatic amines is 2. The Hall–Kier alpha value is -4.90. The molecule has 6 aromatic rings. The van der Waals surface area contributed by atoms with Crippen molar-refractivity contribution in [1.29, 1.82) is 0 Å². The Labute approximate surface area is 276 Å². The molecule has 0 radical (unpaired) electrons. The molecule has 4 aromatic heterocycles. The summed E-state index contributed by atoms with van der Waals surface area (Å²) < 4.78 is 15.0. The van der Waals surface area contributed by atoms with Gasteiger partial charge in [0.25, 0.3) is 0 Å². The molecule has 1 aliphatic heterocycles. The van der Waals surface area contributed by atoms with Crippen LogP contribution in [0.3, 0.4) is 0 Å². The highest BCUT2D eigenvalue weighted by Gasteiger charge is 2.35. The first-order valence-corrected chi connectivity index (χ1v) is 16.6. The van der Waals surface area contributed by atoms with E-state index in [1.165, 1.54) is 20.0 Å². The van der Waals surface area contributed by atoms with Gasteiger partial charge in [0.15, 0.2) is 5.82 Å². The number of amides is 1. The minimum atomic E-state index is -0.602. The average molecular weight is 651 g/mol. The molecule has 0 aliphatic carbocycles. The maximum atomic E-state index is 12.8. The molecule has 47 heavy (non-hydrogen) atoms. The lowest BCUT2D eigenvalue weighted by molar-refractivity contribution is 0.0218. The largest absolute Gasteiger partial charge is 0.444 e. The molecule has 2 aromatic carbocycles. The van der Waals surface area contributed by atoms with E-state index >= 15 is 0 Å². The second kappa shape index (κ2) is 11.4. The fraction of sp³-hybridized carbons (Fsp3) is 0.333. The first kappa shape index (κ1) is 30.7. The number of hydrogen-bond donors (Lipinski definition) is 2. The van der Waals surface area contributed by atoms with Gasteiger partial charge in [-0.2, -0.15) is 0 Å². The van der Waals surface area contributed by atoms with Gasteiger partial charge in [0.05, 0.1) is 35.5 Å². The minimum absolute atomic E-state index is 0.130. The van der Waals surface area contributed by atoms with Crippen LogP contribution < -0.4 is 0 Å². The predicted molar refractivity (Wildman–Crippen MR) is 184 cm³/mol. The normalized spacial score (nSPS) is 15.5. The van der Waals surface area contributed by atoms with Crippen molar-refractivity contribution in [3.05, 3.63) is 72.9 Å². The molecule has 10 nitrogen and oxygen atoms in total. The van der Waals surface area contributed by atoms with E-state index in [0.29, 0.717) is 18.1 Å². The Bertz CT molecular complexity index is 2120. The number of ether oxygens (including phenoxy) is 2. The number of aromatic nitrogens is 5. The van der Waals surface area contributed by atoms with Gasteiger partial charge in [-0.15, -0.1) is 11.3 Å². The zero-order valence-electron chi connectivity index (χ0n) is 27.4. The number of likely N-dealkylation sites (tertiary alicyclic amines) is 1. The minimum Gasteiger partial charge on any atom is -0.444 e. The van der Waals surface area contributed by atoms with E-state index in [4.69, 9.17) is 9.47 Å². The van der Waals surface area contributed by atoms with Crippen LogP contribution in [0.2, 0.25) is 0 Å². The van der Waals surface area contributed by atoms with Crippen LogP contribution >= 0.6 is 11.3 Å². The molecule has 1 atom stereocenters. The van der Waals surface area contributed by atoms with Gasteiger partial charge >= 0.3 is 12.2 Å². The summed E-state index contributed by atoms with van der Waals surface area (Å²) in [4.78, 5) is 43.5. The van der Waals surface area contributed by atoms with E-state index in [0.717, 1.165) is 45.9 Å². The smallest absolute Gasteiger partial charge is 0.419 e. The number of fused-ring (bicyclic) bond motifs is 3. The lowest BCUT2D eigenvalue weighted by Gasteiger charge is -2.27. The van der Waals surface area contributed by atoms with Gasteiger partial charge in [0.2, 0.25) is 0 Å². The van der Waals surface area contributed by atoms with E-state index in [2.05, 4.69) is 56.3 Å². The number of benzene rings is 2. The Balaban J connectivity index is 1.13. The van der Waals surface area contributed by atoms with Gasteiger partial charge in [-0.25, -0.2) is 24.1 Å². The number of carbonyl (C=O) groups excluding carboxylic acids is 2. The predicted octanol–water partition coefficient (Wildman–Crippen LogP) is 9.16. The summed E-state index contributed by atoms with van der Waals surface area (Å²) in [6.45, 7) is 11.8. The molecule has 7 rings (SSSR count). The quantitative estimate of drug-likeness (QED) is 0.196. The first-order chi connectivity index (χ1) is 22.3. The Morgan fingerprint density at radius 2 is 1.45 bits per heavy atom. The van der Waals surface area contributed by atoms with Crippen LogP contribution in [0.1, 0.15) is 66.3 Å². The monoisotopic (exact) mass is 650 g/mol. The van der Waals surface area contributed by atoms with Gasteiger partial charge in [0.1, 0.15) is 17.0 Å². The van der Waals surface area contributed by atoms with Crippen LogP contribution in [0, 0.1) is 0 Å². The van der Waals surface area contributed by atoms with Crippen molar-refractivity contribution in [2.45, 2.75) is 71.6 Å². The molecule has 0 spiro atoms. The van der Waals surface area contributed by atoms with Crippen molar-refractivity contribution in [1.82, 2.24) is 29.4 Å². The molecule has 0 bridgehead atoms. The third-order valence-corrected chi connectivity index (χ3v) is 9.16. The van der Waals surface area contributed by atoms with Crippen LogP contribution in [0.15, 0.2) is 67.1 Å². The summed E-state index contributed by atoms with van der Waals surface area (Å²) in [5, 5.41) is 2.37. The average Bonchev–Trinajstić information content (AvgIpc) is 3.83. The molecule has 1 aliphatic rings. The molecule has 1 unspecified atom stereocenters. The molecule has 1 saturated heterocycles. The number of hydrogen-bond acceptors (Lipinski definition) is 7. The topological polar surface area (TPSA) is 118 Å². The van der Waals surface area contributed by atoms with E-state index < -0.39 is 17.3 Å². The summed E-state index contributed by atoms with van der Waals surface area (Å²) in [6.07, 6.45) is 6.33. The summed E-state index contributed by atoms with van der Waals surface area (Å²) in [7, 11) is 0. The number of H-pyrrole nitrogens is 2. The van der Waals surface area contributed by atoms with Crippen molar-refractivity contribution in [3.8, 4) is 34.0 Å². The molecule has 1 fully saturated rings. The number of carbonyl (C=O) groups is 2. The fourth-order valence-corrected chi connectivity index (χ4v) is 7.18. The van der Waals surface area contributed by atoms with E-state index in [1.54, 1.807) is 34.7 Å². The van der Waals surface area contributed by atoms with E-state index in [-0.39, 0.29) is 12.1 Å². The SMILES string of the molecule is CC(C)(C)OC(=O)N1CCCC1c1ncc(-c2ccc3c(c2)sc2cc(-c4cnc(-c5cccn5C(=O)OC(C)(C)C)[nH]4)ccc23)[nH]1. The number of rotatable bonds is 4. The third kappa shape index (κ3) is 6.15. The molecule has 5 heterocycles. The third-order valence-electron chi connectivity index (χ3n) is 8.04. The number of imidazole rings is 2. The summed E-state index contributed by atoms with van der Waals surface area (Å²) in [5.74, 6) is 1.37. The fourth-order valence-electron chi connectivity index (χ4n) is 6.00. The standard InChI is InChI=1S/C36H38N6O4S/c1-35(2,3)45-33(43)41-15-7-9-27(41)31-37-19-25(39-31)21-11-13-23-24-14-12-22(18-30(24)47-29(23)17-21)26-20-38-32(40-26)28-10-8-16-42(28)34(44)46-36(4,5)6/h7,9,11-15,17-20,28H,8,10,16H2,1-6H3,(H,37,39)(H,38,40). The maximum absolute atomic E-state index is 12.8. The number of nitrogens with zero attached hydrogens (tertiary/aromatic N) is 4. The van der Waals surface area contributed by atoms with Crippen LogP contribution in [0.4, 0.5) is 9.59 Å². The van der Waals surface area contributed by atoms with Crippen molar-refractivity contribution in [2.24, 2.45) is 0 Å². The highest BCUT2D eigenvalue weighted by atomic mass is 32.1. The number of nitrogens with one attached hydrogen (secondary N) is 2. The van der Waals surface area contributed by atoms with Gasteiger partial charge < -0.3 is 19.4 Å². The molecule has 1 amide bonds. The van der Waals surface area contributed by atoms with E-state index in [9.17, 15) is 9.59 Å². The zero-order chi connectivity index (χ0) is 33.1. The van der Waals surface area contributed by atoms with Gasteiger partial charge in [-0.05, 0) is 78.6 Å². The highest BCUT2D eigenvalue weighted by molar-refractivity contribution is 7.25. The Morgan fingerprint density at radius 3 is 2.11 bits per heavy atom. The van der Waals surface area contributed by atoms with E-state index in [1.807, 2.05) is 53.8 Å². The first-order valence-electron chi connectivity index (χ1n) is 15.8. The number of thiophene rings is 1. The second-order valence-corrected chi connectivity index (χ2v) is 15.0. The molecular formula is C36H38N6O4S. The van der Waals surface area contributed by atoms with Gasteiger partial charge in [-0.3, -0.25) is 4.90 Å². The zero-order valence-corrected chi connectivity index (χ0v) is 28.2. The van der Waals surface area contributed by atoms with Crippen molar-refractivity contribution in [3.63, 3.8) is 0 Å². The molecular weight excluding hydrogens is 613 g/mol. The molecule has 11 heteroatoms. The Kier molecular flexibility index (Phi) is 7.46. The van der Waals surface area contributed by atoms with Crippen LogP contribution in [0.5, 0.6) is 0 Å². The maximum Gasteiger partial charge on any atom is 0.419 e. The van der Waals surface area contributed by atoms with Gasteiger partial charge in [0, 0.05) is 44.0 Å². The van der Waals surface area contributed by atoms with Crippen molar-refractivity contribution >= 4 is 43.7 Å².